The molecule has 0 bridgehead atoms. The van der Waals surface area contributed by atoms with E-state index in [0.717, 1.165) is 6.42 Å². The van der Waals surface area contributed by atoms with Crippen LogP contribution in [0.4, 0.5) is 0 Å². The monoisotopic (exact) mass is 113 g/mol. The Kier molecular flexibility index (Phi) is 2.20. The van der Waals surface area contributed by atoms with Gasteiger partial charge in [0.25, 0.3) is 0 Å². The van der Waals surface area contributed by atoms with Crippen LogP contribution in [0.1, 0.15) is 27.2 Å². The van der Waals surface area contributed by atoms with Crippen molar-refractivity contribution in [3.05, 3.63) is 6.92 Å². The second-order valence-corrected chi connectivity index (χ2v) is 2.47. The zero-order chi connectivity index (χ0) is 6.78. The maximum absolute atomic E-state index is 10.6. The van der Waals surface area contributed by atoms with Crippen molar-refractivity contribution in [1.29, 1.82) is 0 Å². The smallest absolute Gasteiger partial charge is 0.135 e. The highest BCUT2D eigenvalue weighted by molar-refractivity contribution is 5.82. The van der Waals surface area contributed by atoms with Gasteiger partial charge >= 0.3 is 0 Å². The topological polar surface area (TPSA) is 17.1 Å². The molecule has 0 aliphatic carbocycles. The second kappa shape index (κ2) is 2.29. The molecule has 0 saturated carbocycles. The van der Waals surface area contributed by atoms with Crippen LogP contribution in [0.5, 0.6) is 0 Å². The number of Topliss-reactive ketones (excluding diaryl/α,β-unsaturated/α-hetero) is 1. The molecule has 0 rings (SSSR count). The van der Waals surface area contributed by atoms with Crippen LogP contribution in [0.2, 0.25) is 0 Å². The molecule has 8 heavy (non-hydrogen) atoms. The summed E-state index contributed by atoms with van der Waals surface area (Å²) in [6.45, 7) is 9.14. The molecule has 0 saturated heterocycles. The van der Waals surface area contributed by atoms with Gasteiger partial charge in [-0.3, -0.25) is 4.79 Å². The average Bonchev–Trinajstić information content (AvgIpc) is 1.67. The van der Waals surface area contributed by atoms with Crippen molar-refractivity contribution in [2.45, 2.75) is 27.2 Å². The highest BCUT2D eigenvalue weighted by atomic mass is 16.1. The number of hydrogen-bond donors (Lipinski definition) is 0. The summed E-state index contributed by atoms with van der Waals surface area (Å²) in [5.74, 6) is 0.167. The molecule has 0 heterocycles. The zero-order valence-corrected chi connectivity index (χ0v) is 5.82. The third kappa shape index (κ3) is 1.65. The summed E-state index contributed by atoms with van der Waals surface area (Å²) in [5.41, 5.74) is -0.347. The summed E-state index contributed by atoms with van der Waals surface area (Å²) in [6.07, 6.45) is 0.822. The minimum Gasteiger partial charge on any atom is -0.299 e. The molecule has 0 N–H and O–H groups in total. The molecule has 47 valence electrons. The maximum atomic E-state index is 10.6. The number of ketones is 1. The van der Waals surface area contributed by atoms with Crippen molar-refractivity contribution < 1.29 is 4.79 Å². The lowest BCUT2D eigenvalue weighted by Gasteiger charge is -2.16. The van der Waals surface area contributed by atoms with Crippen LogP contribution in [0.3, 0.4) is 0 Å². The van der Waals surface area contributed by atoms with Crippen LogP contribution >= 0.6 is 0 Å². The van der Waals surface area contributed by atoms with E-state index in [1.165, 1.54) is 0 Å². The largest absolute Gasteiger partial charge is 0.299 e. The van der Waals surface area contributed by atoms with E-state index in [1.54, 1.807) is 6.92 Å². The van der Waals surface area contributed by atoms with Crippen molar-refractivity contribution in [2.24, 2.45) is 5.41 Å². The molecular formula is C7H13O. The first-order valence-corrected chi connectivity index (χ1v) is 2.87. The normalized spacial score (nSPS) is 11.5. The maximum Gasteiger partial charge on any atom is 0.135 e. The first-order valence-electron chi connectivity index (χ1n) is 2.87. The third-order valence-electron chi connectivity index (χ3n) is 1.63. The molecule has 0 amide bonds. The van der Waals surface area contributed by atoms with E-state index in [-0.39, 0.29) is 11.2 Å². The van der Waals surface area contributed by atoms with Gasteiger partial charge in [0.1, 0.15) is 5.78 Å². The third-order valence-corrected chi connectivity index (χ3v) is 1.63. The molecule has 0 spiro atoms. The van der Waals surface area contributed by atoms with Crippen LogP contribution in [0.15, 0.2) is 0 Å². The van der Waals surface area contributed by atoms with Gasteiger partial charge in [-0.1, -0.05) is 13.8 Å². The summed E-state index contributed by atoms with van der Waals surface area (Å²) < 4.78 is 0. The fourth-order valence-corrected chi connectivity index (χ4v) is 0.249. The summed E-state index contributed by atoms with van der Waals surface area (Å²) in [5, 5.41) is 0. The average molecular weight is 113 g/mol. The minimum atomic E-state index is -0.347. The molecule has 1 nitrogen and oxygen atoms in total. The fraction of sp³-hybridized carbons (Fsp3) is 0.714. The van der Waals surface area contributed by atoms with Crippen molar-refractivity contribution in [3.8, 4) is 0 Å². The number of rotatable bonds is 2. The summed E-state index contributed by atoms with van der Waals surface area (Å²) in [6, 6.07) is 0. The molecular weight excluding hydrogens is 100 g/mol. The Labute approximate surface area is 51.1 Å². The number of carbonyl (C=O) groups is 1. The highest BCUT2D eigenvalue weighted by Gasteiger charge is 2.19. The van der Waals surface area contributed by atoms with Crippen molar-refractivity contribution >= 4 is 5.78 Å². The Morgan fingerprint density at radius 2 is 2.12 bits per heavy atom. The van der Waals surface area contributed by atoms with Crippen molar-refractivity contribution in [2.75, 3.05) is 0 Å². The lowest BCUT2D eigenvalue weighted by atomic mass is 9.86. The number of hydrogen-bond acceptors (Lipinski definition) is 1. The molecule has 0 aromatic rings. The van der Waals surface area contributed by atoms with Gasteiger partial charge in [-0.25, -0.2) is 0 Å². The fourth-order valence-electron chi connectivity index (χ4n) is 0.249. The molecule has 1 heteroatoms. The van der Waals surface area contributed by atoms with Crippen LogP contribution in [-0.4, -0.2) is 5.78 Å². The second-order valence-electron chi connectivity index (χ2n) is 2.47. The summed E-state index contributed by atoms with van der Waals surface area (Å²) in [4.78, 5) is 10.6. The lowest BCUT2D eigenvalue weighted by molar-refractivity contribution is -0.123. The molecule has 0 aromatic heterocycles. The van der Waals surface area contributed by atoms with Crippen molar-refractivity contribution in [1.82, 2.24) is 0 Å². The van der Waals surface area contributed by atoms with E-state index < -0.39 is 0 Å². The van der Waals surface area contributed by atoms with Gasteiger partial charge < -0.3 is 0 Å². The molecule has 0 fully saturated rings. The lowest BCUT2D eigenvalue weighted by Crippen LogP contribution is -2.19. The van der Waals surface area contributed by atoms with Crippen LogP contribution < -0.4 is 0 Å². The standard InChI is InChI=1S/C7H13O/c1-5-7(3,4)6(2)8/h3,5H2,1-2,4H3. The van der Waals surface area contributed by atoms with E-state index in [9.17, 15) is 4.79 Å². The molecule has 1 radical (unpaired) electrons. The van der Waals surface area contributed by atoms with Gasteiger partial charge in [-0.05, 0) is 20.3 Å². The molecule has 1 atom stereocenters. The van der Waals surface area contributed by atoms with Crippen LogP contribution in [0.25, 0.3) is 0 Å². The Bertz CT molecular complexity index is 92.6. The van der Waals surface area contributed by atoms with Crippen molar-refractivity contribution in [3.63, 3.8) is 0 Å². The predicted molar refractivity (Wildman–Crippen MR) is 34.4 cm³/mol. The molecule has 1 unspecified atom stereocenters. The molecule has 0 aliphatic heterocycles. The van der Waals surface area contributed by atoms with Gasteiger partial charge in [0.2, 0.25) is 0 Å². The minimum absolute atomic E-state index is 0.167. The van der Waals surface area contributed by atoms with Gasteiger partial charge in [0.05, 0.1) is 0 Å². The van der Waals surface area contributed by atoms with Crippen LogP contribution in [-0.2, 0) is 4.79 Å². The van der Waals surface area contributed by atoms with Crippen LogP contribution in [0, 0.1) is 12.3 Å². The van der Waals surface area contributed by atoms with E-state index in [0.29, 0.717) is 0 Å². The Morgan fingerprint density at radius 3 is 2.12 bits per heavy atom. The first kappa shape index (κ1) is 7.67. The first-order chi connectivity index (χ1) is 3.50. The van der Waals surface area contributed by atoms with E-state index in [4.69, 9.17) is 0 Å². The molecule has 0 aliphatic rings. The molecule has 0 aromatic carbocycles. The predicted octanol–water partition coefficient (Wildman–Crippen LogP) is 1.83. The quantitative estimate of drug-likeness (QED) is 0.534. The van der Waals surface area contributed by atoms with Gasteiger partial charge in [-0.2, -0.15) is 0 Å². The van der Waals surface area contributed by atoms with E-state index in [1.807, 2.05) is 13.8 Å². The van der Waals surface area contributed by atoms with Gasteiger partial charge in [-0.15, -0.1) is 0 Å². The Balaban J connectivity index is 3.91. The summed E-state index contributed by atoms with van der Waals surface area (Å²) in [7, 11) is 0. The Hall–Kier alpha value is -0.330. The SMILES string of the molecule is [CH2]C(C)(CC)C(C)=O. The van der Waals surface area contributed by atoms with E-state index in [2.05, 4.69) is 6.92 Å². The summed E-state index contributed by atoms with van der Waals surface area (Å²) >= 11 is 0. The number of carbonyl (C=O) groups excluding carboxylic acids is 1. The Morgan fingerprint density at radius 1 is 1.75 bits per heavy atom. The zero-order valence-electron chi connectivity index (χ0n) is 5.82. The highest BCUT2D eigenvalue weighted by Crippen LogP contribution is 2.19. The van der Waals surface area contributed by atoms with E-state index >= 15 is 0 Å². The van der Waals surface area contributed by atoms with Gasteiger partial charge in [0, 0.05) is 5.41 Å². The van der Waals surface area contributed by atoms with Gasteiger partial charge in [0.15, 0.2) is 0 Å².